The summed E-state index contributed by atoms with van der Waals surface area (Å²) in [5.41, 5.74) is 1.06. The topological polar surface area (TPSA) is 118 Å². The van der Waals surface area contributed by atoms with Crippen molar-refractivity contribution in [2.45, 2.75) is 77.5 Å². The number of amides is 2. The van der Waals surface area contributed by atoms with Crippen LogP contribution >= 0.6 is 0 Å². The molecule has 2 heterocycles. The number of carbonyl (C=O) groups is 4. The van der Waals surface area contributed by atoms with E-state index in [1.165, 1.54) is 6.92 Å². The second-order valence-electron chi connectivity index (χ2n) is 10.8. The molecule has 1 aromatic heterocycles. The van der Waals surface area contributed by atoms with E-state index in [0.717, 1.165) is 11.1 Å². The first-order chi connectivity index (χ1) is 18.1. The van der Waals surface area contributed by atoms with Gasteiger partial charge in [-0.15, -0.1) is 0 Å². The van der Waals surface area contributed by atoms with Crippen LogP contribution in [0.2, 0.25) is 0 Å². The molecule has 1 aliphatic heterocycles. The lowest BCUT2D eigenvalue weighted by Crippen LogP contribution is -2.49. The number of nitrogens with zero attached hydrogens (tertiary/aromatic N) is 1. The number of nitrogens with one attached hydrogen (secondary N) is 2. The van der Waals surface area contributed by atoms with Crippen LogP contribution < -0.4 is 10.6 Å². The maximum absolute atomic E-state index is 13.6. The Bertz CT molecular complexity index is 1100. The predicted octanol–water partition coefficient (Wildman–Crippen LogP) is 3.23. The van der Waals surface area contributed by atoms with Crippen LogP contribution in [0, 0.1) is 11.8 Å². The molecule has 1 saturated heterocycles. The average Bonchev–Trinajstić information content (AvgIpc) is 3.64. The fraction of sp³-hybridized carbons (Fsp3) is 0.500. The van der Waals surface area contributed by atoms with Crippen LogP contribution in [0.4, 0.5) is 0 Å². The highest BCUT2D eigenvalue weighted by Gasteiger charge is 2.50. The second-order valence-corrected chi connectivity index (χ2v) is 10.8. The first-order valence-electron chi connectivity index (χ1n) is 13.3. The molecular weight excluding hydrogens is 482 g/mol. The molecule has 8 nitrogen and oxygen atoms in total. The summed E-state index contributed by atoms with van der Waals surface area (Å²) in [5.74, 6) is -1.56. The zero-order valence-electron chi connectivity index (χ0n) is 22.7. The van der Waals surface area contributed by atoms with Gasteiger partial charge in [0.15, 0.2) is 11.6 Å². The number of pyridine rings is 1. The van der Waals surface area contributed by atoms with Crippen LogP contribution in [0.1, 0.15) is 58.1 Å². The van der Waals surface area contributed by atoms with E-state index in [4.69, 9.17) is 4.74 Å². The molecule has 38 heavy (non-hydrogen) atoms. The molecule has 1 fully saturated rings. The first kappa shape index (κ1) is 29.2. The third kappa shape index (κ3) is 8.87. The Morgan fingerprint density at radius 2 is 1.63 bits per heavy atom. The van der Waals surface area contributed by atoms with Crippen LogP contribution in [-0.4, -0.2) is 52.7 Å². The number of Topliss-reactive ketones (excluding diaryl/α,β-unsaturated/α-hetero) is 2. The van der Waals surface area contributed by atoms with Crippen LogP contribution in [-0.2, 0) is 36.8 Å². The van der Waals surface area contributed by atoms with E-state index in [0.29, 0.717) is 32.3 Å². The van der Waals surface area contributed by atoms with Crippen LogP contribution in [0.3, 0.4) is 0 Å². The van der Waals surface area contributed by atoms with Crippen LogP contribution in [0.15, 0.2) is 54.9 Å². The Hall–Kier alpha value is -3.39. The number of ketones is 2. The number of ether oxygens (including phenoxy) is 1. The number of carbonyl (C=O) groups excluding carboxylic acids is 4. The fourth-order valence-electron chi connectivity index (χ4n) is 4.57. The third-order valence-corrected chi connectivity index (χ3v) is 6.82. The molecule has 2 amide bonds. The smallest absolute Gasteiger partial charge is 0.224 e. The van der Waals surface area contributed by atoms with E-state index in [1.807, 2.05) is 44.2 Å². The molecule has 0 spiro atoms. The maximum atomic E-state index is 13.6. The van der Waals surface area contributed by atoms with Crippen molar-refractivity contribution in [2.75, 3.05) is 6.61 Å². The Morgan fingerprint density at radius 1 is 0.974 bits per heavy atom. The molecule has 0 saturated carbocycles. The van der Waals surface area contributed by atoms with Crippen molar-refractivity contribution in [3.8, 4) is 0 Å². The summed E-state index contributed by atoms with van der Waals surface area (Å²) >= 11 is 0. The Kier molecular flexibility index (Phi) is 10.3. The summed E-state index contributed by atoms with van der Waals surface area (Å²) in [7, 11) is 0. The number of epoxide rings is 1. The lowest BCUT2D eigenvalue weighted by atomic mass is 9.88. The first-order valence-corrected chi connectivity index (χ1v) is 13.3. The standard InChI is InChI=1S/C30H39N3O5/c1-20(2)16-26(28(36)30(4)19-38-30)33-29(37)24(17-23-12-14-31-15-13-23)18-27(35)25(32-21(3)34)11-10-22-8-6-5-7-9-22/h5-9,12-15,20,24-26H,10-11,16-19H2,1-4H3,(H,32,34)(H,33,37)/t24-,25+,26+,30-/m1/s1. The molecular formula is C30H39N3O5. The van der Waals surface area contributed by atoms with E-state index in [2.05, 4.69) is 15.6 Å². The molecule has 204 valence electrons. The molecule has 0 radical (unpaired) electrons. The number of aromatic nitrogens is 1. The normalized spacial score (nSPS) is 18.8. The Morgan fingerprint density at radius 3 is 2.21 bits per heavy atom. The van der Waals surface area contributed by atoms with Gasteiger partial charge in [-0.05, 0) is 61.8 Å². The van der Waals surface area contributed by atoms with E-state index < -0.39 is 23.6 Å². The molecule has 0 bridgehead atoms. The molecule has 0 aliphatic carbocycles. The number of hydrogen-bond acceptors (Lipinski definition) is 6. The van der Waals surface area contributed by atoms with Gasteiger partial charge in [0.2, 0.25) is 11.8 Å². The lowest BCUT2D eigenvalue weighted by molar-refractivity contribution is -0.134. The zero-order chi connectivity index (χ0) is 27.7. The third-order valence-electron chi connectivity index (χ3n) is 6.82. The summed E-state index contributed by atoms with van der Waals surface area (Å²) in [6.07, 6.45) is 5.04. The minimum absolute atomic E-state index is 0.0652. The van der Waals surface area contributed by atoms with Crippen molar-refractivity contribution in [1.29, 1.82) is 0 Å². The Balaban J connectivity index is 1.77. The molecule has 2 aromatic rings. The molecule has 2 N–H and O–H groups in total. The molecule has 1 aromatic carbocycles. The zero-order valence-corrected chi connectivity index (χ0v) is 22.7. The van der Waals surface area contributed by atoms with E-state index in [-0.39, 0.29) is 35.7 Å². The molecule has 3 rings (SSSR count). The van der Waals surface area contributed by atoms with Crippen LogP contribution in [0.5, 0.6) is 0 Å². The van der Waals surface area contributed by atoms with Crippen molar-refractivity contribution in [3.05, 3.63) is 66.0 Å². The number of rotatable bonds is 15. The van der Waals surface area contributed by atoms with Gasteiger partial charge in [0.25, 0.3) is 0 Å². The summed E-state index contributed by atoms with van der Waals surface area (Å²) in [5, 5.41) is 5.70. The van der Waals surface area contributed by atoms with Crippen molar-refractivity contribution in [1.82, 2.24) is 15.6 Å². The molecule has 1 aliphatic rings. The van der Waals surface area contributed by atoms with E-state index in [1.54, 1.807) is 31.5 Å². The number of benzene rings is 1. The van der Waals surface area contributed by atoms with Gasteiger partial charge >= 0.3 is 0 Å². The van der Waals surface area contributed by atoms with Crippen molar-refractivity contribution < 1.29 is 23.9 Å². The van der Waals surface area contributed by atoms with Crippen molar-refractivity contribution in [3.63, 3.8) is 0 Å². The van der Waals surface area contributed by atoms with Crippen LogP contribution in [0.25, 0.3) is 0 Å². The summed E-state index contributed by atoms with van der Waals surface area (Å²) < 4.78 is 5.35. The number of aryl methyl sites for hydroxylation is 1. The monoisotopic (exact) mass is 521 g/mol. The summed E-state index contributed by atoms with van der Waals surface area (Å²) in [4.78, 5) is 56.1. The number of hydrogen-bond donors (Lipinski definition) is 2. The minimum atomic E-state index is -0.864. The summed E-state index contributed by atoms with van der Waals surface area (Å²) in [6.45, 7) is 7.44. The largest absolute Gasteiger partial charge is 0.361 e. The fourth-order valence-corrected chi connectivity index (χ4v) is 4.57. The highest BCUT2D eigenvalue weighted by Crippen LogP contribution is 2.30. The molecule has 0 unspecified atom stereocenters. The van der Waals surface area contributed by atoms with Gasteiger partial charge in [-0.25, -0.2) is 0 Å². The molecule has 8 heteroatoms. The van der Waals surface area contributed by atoms with Gasteiger partial charge in [0, 0.05) is 31.7 Å². The Labute approximate surface area is 224 Å². The van der Waals surface area contributed by atoms with Gasteiger partial charge in [0.05, 0.1) is 18.7 Å². The van der Waals surface area contributed by atoms with E-state index >= 15 is 0 Å². The minimum Gasteiger partial charge on any atom is -0.361 e. The van der Waals surface area contributed by atoms with Gasteiger partial charge in [-0.3, -0.25) is 24.2 Å². The second kappa shape index (κ2) is 13.4. The SMILES string of the molecule is CC(=O)N[C@@H](CCc1ccccc1)C(=O)C[C@@H](Cc1ccncc1)C(=O)N[C@@H](CC(C)C)C(=O)[C@@]1(C)CO1. The van der Waals surface area contributed by atoms with Crippen molar-refractivity contribution in [2.24, 2.45) is 11.8 Å². The highest BCUT2D eigenvalue weighted by molar-refractivity contribution is 5.98. The van der Waals surface area contributed by atoms with Gasteiger partial charge in [-0.1, -0.05) is 44.2 Å². The van der Waals surface area contributed by atoms with E-state index in [9.17, 15) is 19.2 Å². The maximum Gasteiger partial charge on any atom is 0.224 e. The molecule has 4 atom stereocenters. The highest BCUT2D eigenvalue weighted by atomic mass is 16.6. The average molecular weight is 522 g/mol. The quantitative estimate of drug-likeness (QED) is 0.348. The van der Waals surface area contributed by atoms with Gasteiger partial charge in [0.1, 0.15) is 5.60 Å². The lowest BCUT2D eigenvalue weighted by Gasteiger charge is -2.25. The summed E-state index contributed by atoms with van der Waals surface area (Å²) in [6, 6.07) is 11.9. The van der Waals surface area contributed by atoms with Crippen molar-refractivity contribution >= 4 is 23.4 Å². The predicted molar refractivity (Wildman–Crippen MR) is 144 cm³/mol. The van der Waals surface area contributed by atoms with Gasteiger partial charge < -0.3 is 15.4 Å². The van der Waals surface area contributed by atoms with Gasteiger partial charge in [-0.2, -0.15) is 0 Å².